The summed E-state index contributed by atoms with van der Waals surface area (Å²) in [7, 11) is 1.36. The molecule has 22 heavy (non-hydrogen) atoms. The molecule has 1 atom stereocenters. The average molecular weight is 306 g/mol. The fourth-order valence-electron chi connectivity index (χ4n) is 2.75. The highest BCUT2D eigenvalue weighted by molar-refractivity contribution is 5.98. The van der Waals surface area contributed by atoms with Crippen LogP contribution in [0, 0.1) is 5.92 Å². The van der Waals surface area contributed by atoms with Crippen LogP contribution in [0.3, 0.4) is 0 Å². The number of methoxy groups -OCH3 is 1. The average Bonchev–Trinajstić information content (AvgIpc) is 2.93. The van der Waals surface area contributed by atoms with Gasteiger partial charge in [-0.1, -0.05) is 19.9 Å². The molecule has 0 aromatic rings. The van der Waals surface area contributed by atoms with Gasteiger partial charge >= 0.3 is 5.97 Å². The fraction of sp³-hybridized carbons (Fsp3) is 0.529. The van der Waals surface area contributed by atoms with E-state index in [1.807, 2.05) is 19.9 Å². The largest absolute Gasteiger partial charge is 0.466 e. The second kappa shape index (κ2) is 8.41. The monoisotopic (exact) mass is 306 g/mol. The van der Waals surface area contributed by atoms with Crippen LogP contribution in [0.4, 0.5) is 0 Å². The first-order valence-corrected chi connectivity index (χ1v) is 7.78. The summed E-state index contributed by atoms with van der Waals surface area (Å²) in [5.74, 6) is -0.487. The molecule has 2 N–H and O–H groups in total. The van der Waals surface area contributed by atoms with E-state index in [2.05, 4.69) is 17.2 Å². The molecule has 0 saturated carbocycles. The molecule has 1 amide bonds. The predicted molar refractivity (Wildman–Crippen MR) is 86.8 cm³/mol. The van der Waals surface area contributed by atoms with Crippen molar-refractivity contribution in [3.8, 4) is 0 Å². The van der Waals surface area contributed by atoms with Crippen molar-refractivity contribution in [1.29, 1.82) is 0 Å². The first kappa shape index (κ1) is 18.0. The zero-order chi connectivity index (χ0) is 16.7. The molecule has 0 aromatic heterocycles. The zero-order valence-corrected chi connectivity index (χ0v) is 13.9. The summed E-state index contributed by atoms with van der Waals surface area (Å²) in [5, 5.41) is 6.12. The Labute approximate surface area is 132 Å². The van der Waals surface area contributed by atoms with Gasteiger partial charge in [0.25, 0.3) is 0 Å². The molecule has 2 heterocycles. The quantitative estimate of drug-likeness (QED) is 0.475. The number of rotatable bonds is 4. The van der Waals surface area contributed by atoms with Crippen molar-refractivity contribution < 1.29 is 14.3 Å². The second-order valence-electron chi connectivity index (χ2n) is 4.97. The molecule has 2 aliphatic heterocycles. The van der Waals surface area contributed by atoms with Crippen LogP contribution in [-0.2, 0) is 14.3 Å². The summed E-state index contributed by atoms with van der Waals surface area (Å²) >= 11 is 0. The van der Waals surface area contributed by atoms with Gasteiger partial charge in [0, 0.05) is 35.9 Å². The Hall–Kier alpha value is -2.04. The molecule has 5 nitrogen and oxygen atoms in total. The number of carbonyl (C=O) groups excluding carboxylic acids is 2. The highest BCUT2D eigenvalue weighted by atomic mass is 16.5. The van der Waals surface area contributed by atoms with Gasteiger partial charge in [-0.25, -0.2) is 4.79 Å². The van der Waals surface area contributed by atoms with Gasteiger partial charge < -0.3 is 15.4 Å². The molecule has 0 spiro atoms. The molecule has 122 valence electrons. The van der Waals surface area contributed by atoms with Gasteiger partial charge in [0.1, 0.15) is 0 Å². The van der Waals surface area contributed by atoms with Gasteiger partial charge in [-0.15, -0.1) is 6.58 Å². The van der Waals surface area contributed by atoms with E-state index in [9.17, 15) is 9.59 Å². The molecule has 1 unspecified atom stereocenters. The van der Waals surface area contributed by atoms with Gasteiger partial charge in [0.2, 0.25) is 5.91 Å². The maximum absolute atomic E-state index is 12.1. The number of allylic oxidation sites excluding steroid dienone is 2. The Kier molecular flexibility index (Phi) is 6.89. The van der Waals surface area contributed by atoms with Gasteiger partial charge in [-0.3, -0.25) is 4.79 Å². The molecule has 2 rings (SSSR count). The molecule has 2 aliphatic rings. The first-order chi connectivity index (χ1) is 10.6. The summed E-state index contributed by atoms with van der Waals surface area (Å²) in [6, 6.07) is 0. The molecular formula is C17H26N2O3. The summed E-state index contributed by atoms with van der Waals surface area (Å²) in [5.41, 5.74) is 3.02. The normalized spacial score (nSPS) is 21.8. The topological polar surface area (TPSA) is 67.4 Å². The Bertz CT molecular complexity index is 518. The SMILES string of the molecule is C=CCCC1C2=C(CCNC2=O)N/C1=C(/C)C(=O)OC.CC. The minimum absolute atomic E-state index is 0.0412. The van der Waals surface area contributed by atoms with Gasteiger partial charge in [-0.05, 0) is 19.8 Å². The lowest BCUT2D eigenvalue weighted by Gasteiger charge is -2.18. The number of ether oxygens (including phenoxy) is 1. The van der Waals surface area contributed by atoms with Gasteiger partial charge in [0.05, 0.1) is 12.7 Å². The van der Waals surface area contributed by atoms with E-state index < -0.39 is 0 Å². The molecule has 0 aromatic carbocycles. The smallest absolute Gasteiger partial charge is 0.335 e. The Morgan fingerprint density at radius 1 is 1.45 bits per heavy atom. The second-order valence-corrected chi connectivity index (χ2v) is 4.97. The summed E-state index contributed by atoms with van der Waals surface area (Å²) < 4.78 is 4.78. The van der Waals surface area contributed by atoms with Gasteiger partial charge in [0.15, 0.2) is 0 Å². The number of nitrogens with one attached hydrogen (secondary N) is 2. The Morgan fingerprint density at radius 3 is 2.73 bits per heavy atom. The Balaban J connectivity index is 0.00000116. The molecule has 5 heteroatoms. The van der Waals surface area contributed by atoms with Crippen LogP contribution in [0.2, 0.25) is 0 Å². The van der Waals surface area contributed by atoms with Crippen LogP contribution in [-0.4, -0.2) is 25.5 Å². The van der Waals surface area contributed by atoms with E-state index in [1.165, 1.54) is 7.11 Å². The van der Waals surface area contributed by atoms with Gasteiger partial charge in [-0.2, -0.15) is 0 Å². The highest BCUT2D eigenvalue weighted by Crippen LogP contribution is 2.37. The number of hydrogen-bond acceptors (Lipinski definition) is 4. The minimum atomic E-state index is -0.364. The molecule has 0 radical (unpaired) electrons. The van der Waals surface area contributed by atoms with Crippen molar-refractivity contribution in [3.63, 3.8) is 0 Å². The number of carbonyl (C=O) groups is 2. The first-order valence-electron chi connectivity index (χ1n) is 7.78. The van der Waals surface area contributed by atoms with E-state index in [-0.39, 0.29) is 17.8 Å². The van der Waals surface area contributed by atoms with Crippen molar-refractivity contribution in [2.45, 2.75) is 40.0 Å². The summed E-state index contributed by atoms with van der Waals surface area (Å²) in [6.07, 6.45) is 4.13. The van der Waals surface area contributed by atoms with Crippen LogP contribution in [0.15, 0.2) is 35.2 Å². The van der Waals surface area contributed by atoms with Crippen LogP contribution in [0.25, 0.3) is 0 Å². The van der Waals surface area contributed by atoms with Crippen LogP contribution in [0.1, 0.15) is 40.0 Å². The molecule has 0 aliphatic carbocycles. The molecule has 0 bridgehead atoms. The molecule has 0 fully saturated rings. The number of amides is 1. The third-order valence-corrected chi connectivity index (χ3v) is 3.77. The lowest BCUT2D eigenvalue weighted by Crippen LogP contribution is -2.33. The standard InChI is InChI=1S/C15H20N2O3.C2H6/c1-4-5-6-10-12-11(7-8-16-14(12)18)17-13(10)9(2)15(19)20-3;1-2/h4,10,17H,1,5-8H2,2-3H3,(H,16,18);1-2H3/b13-9-;. The van der Waals surface area contributed by atoms with E-state index in [0.29, 0.717) is 12.1 Å². The number of hydrogen-bond donors (Lipinski definition) is 2. The zero-order valence-electron chi connectivity index (χ0n) is 13.9. The highest BCUT2D eigenvalue weighted by Gasteiger charge is 2.37. The fourth-order valence-corrected chi connectivity index (χ4v) is 2.75. The summed E-state index contributed by atoms with van der Waals surface area (Å²) in [6.45, 7) is 10.1. The summed E-state index contributed by atoms with van der Waals surface area (Å²) in [4.78, 5) is 23.8. The van der Waals surface area contributed by atoms with Crippen LogP contribution >= 0.6 is 0 Å². The Morgan fingerprint density at radius 2 is 2.14 bits per heavy atom. The maximum Gasteiger partial charge on any atom is 0.335 e. The van der Waals surface area contributed by atoms with Crippen molar-refractivity contribution in [2.75, 3.05) is 13.7 Å². The third-order valence-electron chi connectivity index (χ3n) is 3.77. The molecular weight excluding hydrogens is 280 g/mol. The maximum atomic E-state index is 12.1. The van der Waals surface area contributed by atoms with Crippen LogP contribution < -0.4 is 10.6 Å². The van der Waals surface area contributed by atoms with Crippen molar-refractivity contribution in [3.05, 3.63) is 35.2 Å². The van der Waals surface area contributed by atoms with E-state index >= 15 is 0 Å². The third kappa shape index (κ3) is 3.59. The van der Waals surface area contributed by atoms with Crippen molar-refractivity contribution in [1.82, 2.24) is 10.6 Å². The van der Waals surface area contributed by atoms with E-state index in [1.54, 1.807) is 6.92 Å². The lowest BCUT2D eigenvalue weighted by atomic mass is 9.89. The number of esters is 1. The van der Waals surface area contributed by atoms with Crippen LogP contribution in [0.5, 0.6) is 0 Å². The predicted octanol–water partition coefficient (Wildman–Crippen LogP) is 2.42. The van der Waals surface area contributed by atoms with E-state index in [0.717, 1.165) is 36.2 Å². The minimum Gasteiger partial charge on any atom is -0.466 e. The van der Waals surface area contributed by atoms with E-state index in [4.69, 9.17) is 4.74 Å². The van der Waals surface area contributed by atoms with Crippen molar-refractivity contribution >= 4 is 11.9 Å². The van der Waals surface area contributed by atoms with Crippen molar-refractivity contribution in [2.24, 2.45) is 5.92 Å². The molecule has 0 saturated heterocycles. The lowest BCUT2D eigenvalue weighted by molar-refractivity contribution is -0.136.